The third kappa shape index (κ3) is 1.85. The van der Waals surface area contributed by atoms with E-state index in [0.717, 1.165) is 50.8 Å². The number of hydrogen-bond acceptors (Lipinski definition) is 4. The van der Waals surface area contributed by atoms with Gasteiger partial charge in [-0.25, -0.2) is 9.48 Å². The number of ether oxygens (including phenoxy) is 1. The Bertz CT molecular complexity index is 546. The summed E-state index contributed by atoms with van der Waals surface area (Å²) in [4.78, 5) is 11.3. The van der Waals surface area contributed by atoms with Crippen LogP contribution in [0.2, 0.25) is 0 Å². The Labute approximate surface area is 117 Å². The summed E-state index contributed by atoms with van der Waals surface area (Å²) < 4.78 is 7.85. The first kappa shape index (κ1) is 12.3. The lowest BCUT2D eigenvalue weighted by Crippen LogP contribution is -2.46. The number of rotatable bonds is 3. The van der Waals surface area contributed by atoms with Crippen molar-refractivity contribution in [3.8, 4) is 0 Å². The molecule has 3 aliphatic rings. The van der Waals surface area contributed by atoms with E-state index in [9.17, 15) is 9.90 Å². The number of carbonyl (C=O) groups is 1. The number of aromatic carboxylic acids is 1. The molecule has 1 aliphatic heterocycles. The maximum atomic E-state index is 11.3. The zero-order valence-corrected chi connectivity index (χ0v) is 11.4. The lowest BCUT2D eigenvalue weighted by atomic mass is 9.74. The Morgan fingerprint density at radius 1 is 1.35 bits per heavy atom. The number of hydrogen-bond donors (Lipinski definition) is 1. The van der Waals surface area contributed by atoms with Gasteiger partial charge < -0.3 is 9.84 Å². The first-order chi connectivity index (χ1) is 9.69. The van der Waals surface area contributed by atoms with Crippen LogP contribution in [0.15, 0.2) is 0 Å². The first-order valence-electron chi connectivity index (χ1n) is 7.51. The average molecular weight is 277 g/mol. The normalized spacial score (nSPS) is 28.3. The van der Waals surface area contributed by atoms with E-state index >= 15 is 0 Å². The standard InChI is InChI=1S/C14H19N3O3/c18-13(19)11-12(9-2-3-9)17(16-15-11)10-4-7-20-14(8-10)5-1-6-14/h9-10H,1-8H2,(H,18,19). The predicted octanol–water partition coefficient (Wildman–Crippen LogP) is 2.13. The van der Waals surface area contributed by atoms with Crippen molar-refractivity contribution < 1.29 is 14.6 Å². The van der Waals surface area contributed by atoms with Crippen molar-refractivity contribution in [3.05, 3.63) is 11.4 Å². The third-order valence-electron chi connectivity index (χ3n) is 4.97. The maximum absolute atomic E-state index is 11.3. The monoisotopic (exact) mass is 277 g/mol. The van der Waals surface area contributed by atoms with Crippen molar-refractivity contribution in [1.29, 1.82) is 0 Å². The largest absolute Gasteiger partial charge is 0.476 e. The fraction of sp³-hybridized carbons (Fsp3) is 0.786. The molecule has 2 aliphatic carbocycles. The Hall–Kier alpha value is -1.43. The van der Waals surface area contributed by atoms with Gasteiger partial charge in [0.1, 0.15) is 0 Å². The summed E-state index contributed by atoms with van der Waals surface area (Å²) in [6.45, 7) is 0.747. The molecule has 108 valence electrons. The molecule has 1 saturated heterocycles. The highest BCUT2D eigenvalue weighted by atomic mass is 16.5. The van der Waals surface area contributed by atoms with Gasteiger partial charge in [-0.15, -0.1) is 5.10 Å². The molecule has 1 aromatic heterocycles. The third-order valence-corrected chi connectivity index (χ3v) is 4.97. The summed E-state index contributed by atoms with van der Waals surface area (Å²) in [5, 5.41) is 17.4. The van der Waals surface area contributed by atoms with E-state index in [-0.39, 0.29) is 17.3 Å². The fourth-order valence-electron chi connectivity index (χ4n) is 3.59. The molecular weight excluding hydrogens is 258 g/mol. The van der Waals surface area contributed by atoms with Gasteiger partial charge in [-0.1, -0.05) is 5.21 Å². The molecule has 2 heterocycles. The van der Waals surface area contributed by atoms with Gasteiger partial charge in [0, 0.05) is 12.5 Å². The SMILES string of the molecule is O=C(O)c1nnn(C2CCOC3(CCC3)C2)c1C1CC1. The van der Waals surface area contributed by atoms with E-state index < -0.39 is 5.97 Å². The van der Waals surface area contributed by atoms with Crippen LogP contribution in [0, 0.1) is 0 Å². The zero-order chi connectivity index (χ0) is 13.7. The van der Waals surface area contributed by atoms with E-state index in [2.05, 4.69) is 10.3 Å². The van der Waals surface area contributed by atoms with Crippen LogP contribution in [0.3, 0.4) is 0 Å². The Morgan fingerprint density at radius 3 is 2.75 bits per heavy atom. The van der Waals surface area contributed by atoms with Gasteiger partial charge >= 0.3 is 5.97 Å². The van der Waals surface area contributed by atoms with Crippen molar-refractivity contribution in [3.63, 3.8) is 0 Å². The zero-order valence-electron chi connectivity index (χ0n) is 11.4. The lowest BCUT2D eigenvalue weighted by molar-refractivity contribution is -0.142. The first-order valence-corrected chi connectivity index (χ1v) is 7.51. The van der Waals surface area contributed by atoms with E-state index in [4.69, 9.17) is 4.74 Å². The predicted molar refractivity (Wildman–Crippen MR) is 69.8 cm³/mol. The van der Waals surface area contributed by atoms with Gasteiger partial charge in [0.2, 0.25) is 0 Å². The summed E-state index contributed by atoms with van der Waals surface area (Å²) in [6.07, 6.45) is 7.47. The molecule has 0 amide bonds. The molecular formula is C14H19N3O3. The molecule has 4 rings (SSSR count). The molecule has 1 spiro atoms. The minimum Gasteiger partial charge on any atom is -0.476 e. The maximum Gasteiger partial charge on any atom is 0.358 e. The molecule has 6 nitrogen and oxygen atoms in total. The molecule has 1 aromatic rings. The second kappa shape index (κ2) is 4.28. The van der Waals surface area contributed by atoms with E-state index in [1.54, 1.807) is 0 Å². The number of nitrogens with zero attached hydrogens (tertiary/aromatic N) is 3. The molecule has 6 heteroatoms. The minimum absolute atomic E-state index is 0.0407. The number of aromatic nitrogens is 3. The number of carboxylic acids is 1. The van der Waals surface area contributed by atoms with Crippen molar-refractivity contribution >= 4 is 5.97 Å². The summed E-state index contributed by atoms with van der Waals surface area (Å²) in [7, 11) is 0. The second-order valence-electron chi connectivity index (χ2n) is 6.38. The van der Waals surface area contributed by atoms with Crippen LogP contribution in [-0.2, 0) is 4.74 Å². The van der Waals surface area contributed by atoms with Crippen molar-refractivity contribution in [2.24, 2.45) is 0 Å². The second-order valence-corrected chi connectivity index (χ2v) is 6.38. The quantitative estimate of drug-likeness (QED) is 0.915. The average Bonchev–Trinajstić information content (AvgIpc) is 3.15. The Balaban J connectivity index is 1.66. The molecule has 0 aromatic carbocycles. The van der Waals surface area contributed by atoms with Crippen LogP contribution < -0.4 is 0 Å². The molecule has 0 radical (unpaired) electrons. The molecule has 1 atom stereocenters. The molecule has 2 saturated carbocycles. The van der Waals surface area contributed by atoms with E-state index in [1.807, 2.05) is 4.68 Å². The summed E-state index contributed by atoms with van der Waals surface area (Å²) in [6, 6.07) is 0.250. The molecule has 1 N–H and O–H groups in total. The molecule has 3 fully saturated rings. The molecule has 1 unspecified atom stereocenters. The van der Waals surface area contributed by atoms with Crippen LogP contribution >= 0.6 is 0 Å². The number of carboxylic acid groups (broad SMARTS) is 1. The van der Waals surface area contributed by atoms with E-state index in [0.29, 0.717) is 5.92 Å². The summed E-state index contributed by atoms with van der Waals surface area (Å²) >= 11 is 0. The van der Waals surface area contributed by atoms with Crippen LogP contribution in [0.25, 0.3) is 0 Å². The van der Waals surface area contributed by atoms with Gasteiger partial charge in [-0.05, 0) is 44.9 Å². The Morgan fingerprint density at radius 2 is 2.15 bits per heavy atom. The summed E-state index contributed by atoms with van der Waals surface area (Å²) in [5.74, 6) is -0.611. The van der Waals surface area contributed by atoms with Crippen LogP contribution in [-0.4, -0.2) is 38.3 Å². The lowest BCUT2D eigenvalue weighted by Gasteiger charge is -2.47. The fourth-order valence-corrected chi connectivity index (χ4v) is 3.59. The Kier molecular flexibility index (Phi) is 2.64. The van der Waals surface area contributed by atoms with Gasteiger partial charge in [0.25, 0.3) is 0 Å². The van der Waals surface area contributed by atoms with Gasteiger partial charge in [-0.3, -0.25) is 0 Å². The van der Waals surface area contributed by atoms with Crippen LogP contribution in [0.1, 0.15) is 73.1 Å². The van der Waals surface area contributed by atoms with Gasteiger partial charge in [0.15, 0.2) is 5.69 Å². The smallest absolute Gasteiger partial charge is 0.358 e. The highest BCUT2D eigenvalue weighted by Gasteiger charge is 2.45. The van der Waals surface area contributed by atoms with Crippen LogP contribution in [0.4, 0.5) is 0 Å². The molecule has 20 heavy (non-hydrogen) atoms. The van der Waals surface area contributed by atoms with Gasteiger partial charge in [0.05, 0.1) is 17.3 Å². The highest BCUT2D eigenvalue weighted by Crippen LogP contribution is 2.48. The van der Waals surface area contributed by atoms with Crippen molar-refractivity contribution in [1.82, 2.24) is 15.0 Å². The minimum atomic E-state index is -0.955. The topological polar surface area (TPSA) is 77.2 Å². The van der Waals surface area contributed by atoms with Crippen molar-refractivity contribution in [2.75, 3.05) is 6.61 Å². The van der Waals surface area contributed by atoms with Crippen molar-refractivity contribution in [2.45, 2.75) is 62.5 Å². The van der Waals surface area contributed by atoms with Gasteiger partial charge in [-0.2, -0.15) is 0 Å². The molecule has 0 bridgehead atoms. The summed E-state index contributed by atoms with van der Waals surface area (Å²) in [5.41, 5.74) is 1.04. The van der Waals surface area contributed by atoms with Crippen LogP contribution in [0.5, 0.6) is 0 Å². The highest BCUT2D eigenvalue weighted by molar-refractivity contribution is 5.86. The van der Waals surface area contributed by atoms with E-state index in [1.165, 1.54) is 6.42 Å².